The Morgan fingerprint density at radius 2 is 1.47 bits per heavy atom. The predicted octanol–water partition coefficient (Wildman–Crippen LogP) is 8.53. The fourth-order valence-corrected chi connectivity index (χ4v) is 4.94. The van der Waals surface area contributed by atoms with Crippen LogP contribution in [0.15, 0.2) is 6.07 Å². The molecule has 2 heteroatoms. The van der Waals surface area contributed by atoms with Gasteiger partial charge in [-0.1, -0.05) is 72.6 Å². The van der Waals surface area contributed by atoms with Gasteiger partial charge in [0.05, 0.1) is 0 Å². The van der Waals surface area contributed by atoms with Gasteiger partial charge in [-0.25, -0.2) is 0 Å². The Hall–Kier alpha value is -1.18. The summed E-state index contributed by atoms with van der Waals surface area (Å²) in [6.07, 6.45) is 14.1. The minimum atomic E-state index is -0.0637. The summed E-state index contributed by atoms with van der Waals surface area (Å²) in [5, 5.41) is 10.1. The Labute approximate surface area is 186 Å². The summed E-state index contributed by atoms with van der Waals surface area (Å²) in [6, 6.07) is 1.91. The maximum Gasteiger partial charge on any atom is 0.126 e. The first-order valence-electron chi connectivity index (χ1n) is 12.6. The molecule has 0 saturated carbocycles. The second-order valence-electron chi connectivity index (χ2n) is 11.0. The van der Waals surface area contributed by atoms with Crippen LogP contribution in [0.25, 0.3) is 0 Å². The molecular weight excluding hydrogens is 368 g/mol. The number of phenols is 1. The molecule has 1 aliphatic heterocycles. The summed E-state index contributed by atoms with van der Waals surface area (Å²) in [4.78, 5) is 0. The van der Waals surface area contributed by atoms with Gasteiger partial charge in [0.15, 0.2) is 0 Å². The van der Waals surface area contributed by atoms with E-state index < -0.39 is 0 Å². The number of hydrogen-bond acceptors (Lipinski definition) is 2. The third kappa shape index (κ3) is 7.50. The Bertz CT molecular complexity index is 663. The van der Waals surface area contributed by atoms with Crippen molar-refractivity contribution < 1.29 is 9.84 Å². The van der Waals surface area contributed by atoms with Crippen LogP contribution in [0.5, 0.6) is 11.5 Å². The zero-order valence-electron chi connectivity index (χ0n) is 20.9. The SMILES string of the molecule is Cc1c(O)cc2c(c1C)O[C@@](C)(CCC[C@@H](C)CCC[C@@H](C)CCCC(C)C)CC2. The van der Waals surface area contributed by atoms with Crippen molar-refractivity contribution in [3.05, 3.63) is 22.8 Å². The van der Waals surface area contributed by atoms with Crippen LogP contribution in [0.1, 0.15) is 116 Å². The van der Waals surface area contributed by atoms with Gasteiger partial charge in [0.1, 0.15) is 17.1 Å². The molecule has 0 spiro atoms. The van der Waals surface area contributed by atoms with E-state index in [0.717, 1.165) is 53.9 Å². The van der Waals surface area contributed by atoms with E-state index in [9.17, 15) is 5.11 Å². The molecule has 172 valence electrons. The van der Waals surface area contributed by atoms with E-state index in [-0.39, 0.29) is 5.60 Å². The molecule has 1 aliphatic rings. The molecular formula is C28H48O2. The van der Waals surface area contributed by atoms with Crippen molar-refractivity contribution >= 4 is 0 Å². The number of benzene rings is 1. The molecule has 1 N–H and O–H groups in total. The van der Waals surface area contributed by atoms with Gasteiger partial charge in [0.25, 0.3) is 0 Å². The summed E-state index contributed by atoms with van der Waals surface area (Å²) in [7, 11) is 0. The molecule has 0 bridgehead atoms. The Kier molecular flexibility index (Phi) is 9.57. The molecule has 0 radical (unpaired) electrons. The first-order chi connectivity index (χ1) is 14.1. The van der Waals surface area contributed by atoms with E-state index in [1.165, 1.54) is 56.9 Å². The number of rotatable bonds is 12. The maximum absolute atomic E-state index is 10.1. The second-order valence-corrected chi connectivity index (χ2v) is 11.0. The summed E-state index contributed by atoms with van der Waals surface area (Å²) in [5.74, 6) is 3.98. The van der Waals surface area contributed by atoms with Crippen LogP contribution in [0.4, 0.5) is 0 Å². The summed E-state index contributed by atoms with van der Waals surface area (Å²) >= 11 is 0. The Balaban J connectivity index is 1.69. The van der Waals surface area contributed by atoms with Crippen molar-refractivity contribution in [2.24, 2.45) is 17.8 Å². The molecule has 1 aromatic carbocycles. The monoisotopic (exact) mass is 416 g/mol. The van der Waals surface area contributed by atoms with Crippen LogP contribution >= 0.6 is 0 Å². The van der Waals surface area contributed by atoms with Crippen molar-refractivity contribution in [1.82, 2.24) is 0 Å². The quantitative estimate of drug-likeness (QED) is 0.370. The fraction of sp³-hybridized carbons (Fsp3) is 0.786. The molecule has 30 heavy (non-hydrogen) atoms. The largest absolute Gasteiger partial charge is 0.508 e. The molecule has 2 rings (SSSR count). The van der Waals surface area contributed by atoms with Crippen LogP contribution in [-0.2, 0) is 6.42 Å². The van der Waals surface area contributed by atoms with Gasteiger partial charge in [-0.2, -0.15) is 0 Å². The minimum Gasteiger partial charge on any atom is -0.508 e. The summed E-state index contributed by atoms with van der Waals surface area (Å²) < 4.78 is 6.52. The zero-order chi connectivity index (χ0) is 22.3. The van der Waals surface area contributed by atoms with E-state index in [1.54, 1.807) is 0 Å². The maximum atomic E-state index is 10.1. The van der Waals surface area contributed by atoms with Crippen LogP contribution in [0.2, 0.25) is 0 Å². The third-order valence-electron chi connectivity index (χ3n) is 7.44. The third-order valence-corrected chi connectivity index (χ3v) is 7.44. The standard InChI is InChI=1S/C28H48O2/c1-20(2)11-8-12-21(3)13-9-14-22(4)15-10-17-28(7)18-16-25-19-26(29)23(5)24(6)27(25)30-28/h19-22,29H,8-18H2,1-7H3/t21-,22-,28-/m0/s1. The van der Waals surface area contributed by atoms with Crippen LogP contribution in [-0.4, -0.2) is 10.7 Å². The van der Waals surface area contributed by atoms with Crippen molar-refractivity contribution in [3.63, 3.8) is 0 Å². The number of ether oxygens (including phenoxy) is 1. The van der Waals surface area contributed by atoms with Crippen LogP contribution in [0, 0.1) is 31.6 Å². The Morgan fingerprint density at radius 1 is 0.900 bits per heavy atom. The lowest BCUT2D eigenvalue weighted by molar-refractivity contribution is 0.0514. The second kappa shape index (κ2) is 11.4. The molecule has 0 unspecified atom stereocenters. The summed E-state index contributed by atoms with van der Waals surface area (Å²) in [5.41, 5.74) is 3.16. The highest BCUT2D eigenvalue weighted by Gasteiger charge is 2.33. The van der Waals surface area contributed by atoms with E-state index in [4.69, 9.17) is 4.74 Å². The van der Waals surface area contributed by atoms with Crippen LogP contribution < -0.4 is 4.74 Å². The first kappa shape index (κ1) is 25.1. The normalized spacial score (nSPS) is 20.7. The molecule has 0 aromatic heterocycles. The van der Waals surface area contributed by atoms with Crippen molar-refractivity contribution in [3.8, 4) is 11.5 Å². The lowest BCUT2D eigenvalue weighted by atomic mass is 9.85. The van der Waals surface area contributed by atoms with E-state index in [2.05, 4.69) is 41.5 Å². The van der Waals surface area contributed by atoms with Gasteiger partial charge in [0.2, 0.25) is 0 Å². The van der Waals surface area contributed by atoms with Gasteiger partial charge in [-0.05, 0) is 87.0 Å². The smallest absolute Gasteiger partial charge is 0.126 e. The highest BCUT2D eigenvalue weighted by Crippen LogP contribution is 2.42. The average molecular weight is 417 g/mol. The van der Waals surface area contributed by atoms with Crippen molar-refractivity contribution in [2.75, 3.05) is 0 Å². The number of phenolic OH excluding ortho intramolecular Hbond substituents is 1. The highest BCUT2D eigenvalue weighted by molar-refractivity contribution is 5.53. The first-order valence-corrected chi connectivity index (χ1v) is 12.6. The van der Waals surface area contributed by atoms with Crippen molar-refractivity contribution in [1.29, 1.82) is 0 Å². The van der Waals surface area contributed by atoms with Crippen LogP contribution in [0.3, 0.4) is 0 Å². The van der Waals surface area contributed by atoms with E-state index in [1.807, 2.05) is 13.0 Å². The zero-order valence-corrected chi connectivity index (χ0v) is 20.9. The predicted molar refractivity (Wildman–Crippen MR) is 130 cm³/mol. The molecule has 0 saturated heterocycles. The molecule has 0 amide bonds. The lowest BCUT2D eigenvalue weighted by Crippen LogP contribution is -2.36. The molecule has 1 aromatic rings. The number of aromatic hydroxyl groups is 1. The fourth-order valence-electron chi connectivity index (χ4n) is 4.94. The van der Waals surface area contributed by atoms with E-state index >= 15 is 0 Å². The lowest BCUT2D eigenvalue weighted by Gasteiger charge is -2.37. The average Bonchev–Trinajstić information content (AvgIpc) is 2.67. The van der Waals surface area contributed by atoms with Gasteiger partial charge >= 0.3 is 0 Å². The number of fused-ring (bicyclic) bond motifs is 1. The van der Waals surface area contributed by atoms with Gasteiger partial charge in [-0.15, -0.1) is 0 Å². The summed E-state index contributed by atoms with van der Waals surface area (Å²) in [6.45, 7) is 15.9. The van der Waals surface area contributed by atoms with Gasteiger partial charge < -0.3 is 9.84 Å². The molecule has 3 atom stereocenters. The Morgan fingerprint density at radius 3 is 2.07 bits per heavy atom. The van der Waals surface area contributed by atoms with Crippen molar-refractivity contribution in [2.45, 2.75) is 125 Å². The number of aryl methyl sites for hydroxylation is 1. The van der Waals surface area contributed by atoms with Gasteiger partial charge in [0, 0.05) is 0 Å². The topological polar surface area (TPSA) is 29.5 Å². The molecule has 0 aliphatic carbocycles. The molecule has 1 heterocycles. The molecule has 0 fully saturated rings. The van der Waals surface area contributed by atoms with Gasteiger partial charge in [-0.3, -0.25) is 0 Å². The minimum absolute atomic E-state index is 0.0637. The number of hydrogen-bond donors (Lipinski definition) is 1. The van der Waals surface area contributed by atoms with E-state index in [0.29, 0.717) is 5.75 Å². The molecule has 2 nitrogen and oxygen atoms in total. The highest BCUT2D eigenvalue weighted by atomic mass is 16.5.